The van der Waals surface area contributed by atoms with Crippen LogP contribution in [-0.4, -0.2) is 74.3 Å². The lowest BCUT2D eigenvalue weighted by atomic mass is 10.1. The molecule has 0 spiro atoms. The number of halogens is 1. The molecular weight excluding hydrogens is 501 g/mol. The Morgan fingerprint density at radius 3 is 2.26 bits per heavy atom. The van der Waals surface area contributed by atoms with Gasteiger partial charge in [-0.1, -0.05) is 37.1 Å². The summed E-state index contributed by atoms with van der Waals surface area (Å²) in [7, 11) is 0. The first-order valence-corrected chi connectivity index (χ1v) is 11.9. The molecule has 2 fully saturated rings. The summed E-state index contributed by atoms with van der Waals surface area (Å²) in [6.45, 7) is 14.1. The molecule has 7 heteroatoms. The van der Waals surface area contributed by atoms with E-state index in [-0.39, 0.29) is 24.0 Å². The smallest absolute Gasteiger partial charge is 0.191 e. The Morgan fingerprint density at radius 1 is 0.968 bits per heavy atom. The maximum atomic E-state index is 5.46. The number of likely N-dealkylation sites (tertiary alicyclic amines) is 1. The topological polar surface area (TPSA) is 52.1 Å². The van der Waals surface area contributed by atoms with Gasteiger partial charge in [-0.2, -0.15) is 0 Å². The van der Waals surface area contributed by atoms with Crippen LogP contribution in [0, 0.1) is 0 Å². The SMILES string of the molecule is CCNC(=NCc1ccc(CN2CCCCCC2)cc1)NCC(C)N1CCOCC1.I. The molecule has 31 heavy (non-hydrogen) atoms. The number of rotatable bonds is 8. The van der Waals surface area contributed by atoms with Crippen LogP contribution in [0.3, 0.4) is 0 Å². The molecule has 1 aromatic rings. The van der Waals surface area contributed by atoms with E-state index in [0.717, 1.165) is 51.9 Å². The van der Waals surface area contributed by atoms with E-state index in [0.29, 0.717) is 12.6 Å². The molecule has 2 saturated heterocycles. The van der Waals surface area contributed by atoms with Gasteiger partial charge >= 0.3 is 0 Å². The zero-order valence-corrected chi connectivity index (χ0v) is 21.8. The number of nitrogens with one attached hydrogen (secondary N) is 2. The van der Waals surface area contributed by atoms with Crippen LogP contribution in [-0.2, 0) is 17.8 Å². The fourth-order valence-corrected chi connectivity index (χ4v) is 4.21. The predicted molar refractivity (Wildman–Crippen MR) is 140 cm³/mol. The lowest BCUT2D eigenvalue weighted by Gasteiger charge is -2.32. The van der Waals surface area contributed by atoms with E-state index >= 15 is 0 Å². The molecule has 0 bridgehead atoms. The van der Waals surface area contributed by atoms with Crippen molar-refractivity contribution in [1.29, 1.82) is 0 Å². The van der Waals surface area contributed by atoms with Crippen LogP contribution < -0.4 is 10.6 Å². The molecule has 0 amide bonds. The van der Waals surface area contributed by atoms with Gasteiger partial charge in [0.25, 0.3) is 0 Å². The standard InChI is InChI=1S/C24H41N5O.HI/c1-3-25-24(26-18-21(2)29-14-16-30-17-15-29)27-19-22-8-10-23(11-9-22)20-28-12-6-4-5-7-13-28;/h8-11,21H,3-7,12-20H2,1-2H3,(H2,25,26,27);1H. The van der Waals surface area contributed by atoms with Crippen molar-refractivity contribution in [2.24, 2.45) is 4.99 Å². The van der Waals surface area contributed by atoms with Crippen LogP contribution in [0.25, 0.3) is 0 Å². The van der Waals surface area contributed by atoms with Gasteiger partial charge in [0.15, 0.2) is 5.96 Å². The molecule has 2 aliphatic rings. The summed E-state index contributed by atoms with van der Waals surface area (Å²) < 4.78 is 5.46. The Hall–Kier alpha value is -0.900. The minimum absolute atomic E-state index is 0. The van der Waals surface area contributed by atoms with Crippen molar-refractivity contribution in [2.75, 3.05) is 52.5 Å². The van der Waals surface area contributed by atoms with Crippen LogP contribution in [0.5, 0.6) is 0 Å². The highest BCUT2D eigenvalue weighted by Gasteiger charge is 2.17. The number of morpholine rings is 1. The Morgan fingerprint density at radius 2 is 1.61 bits per heavy atom. The van der Waals surface area contributed by atoms with E-state index in [2.05, 4.69) is 58.5 Å². The quantitative estimate of drug-likeness (QED) is 0.299. The number of ether oxygens (including phenoxy) is 1. The van der Waals surface area contributed by atoms with E-state index in [4.69, 9.17) is 9.73 Å². The summed E-state index contributed by atoms with van der Waals surface area (Å²) in [6, 6.07) is 9.48. The maximum absolute atomic E-state index is 5.46. The molecule has 2 aliphatic heterocycles. The Bertz CT molecular complexity index is 625. The van der Waals surface area contributed by atoms with Gasteiger partial charge in [0.1, 0.15) is 0 Å². The van der Waals surface area contributed by atoms with Crippen molar-refractivity contribution in [2.45, 2.75) is 58.7 Å². The highest BCUT2D eigenvalue weighted by atomic mass is 127. The largest absolute Gasteiger partial charge is 0.379 e. The fraction of sp³-hybridized carbons (Fsp3) is 0.708. The number of aliphatic imine (C=N–C) groups is 1. The molecule has 3 rings (SSSR count). The first kappa shape index (κ1) is 26.4. The molecule has 176 valence electrons. The van der Waals surface area contributed by atoms with Crippen LogP contribution in [0.4, 0.5) is 0 Å². The molecule has 6 nitrogen and oxygen atoms in total. The summed E-state index contributed by atoms with van der Waals surface area (Å²) in [6.07, 6.45) is 5.47. The van der Waals surface area contributed by atoms with Crippen molar-refractivity contribution in [1.82, 2.24) is 20.4 Å². The lowest BCUT2D eigenvalue weighted by molar-refractivity contribution is 0.0211. The van der Waals surface area contributed by atoms with Crippen LogP contribution >= 0.6 is 24.0 Å². The third-order valence-electron chi connectivity index (χ3n) is 6.13. The second-order valence-corrected chi connectivity index (χ2v) is 8.58. The van der Waals surface area contributed by atoms with Gasteiger partial charge in [-0.05, 0) is 50.9 Å². The second kappa shape index (κ2) is 15.0. The first-order valence-electron chi connectivity index (χ1n) is 11.9. The molecule has 0 radical (unpaired) electrons. The van der Waals surface area contributed by atoms with E-state index in [9.17, 15) is 0 Å². The number of hydrogen-bond acceptors (Lipinski definition) is 4. The monoisotopic (exact) mass is 543 g/mol. The predicted octanol–water partition coefficient (Wildman–Crippen LogP) is 3.46. The van der Waals surface area contributed by atoms with Crippen LogP contribution in [0.15, 0.2) is 29.3 Å². The normalized spacial score (nSPS) is 19.9. The van der Waals surface area contributed by atoms with Gasteiger partial charge in [0, 0.05) is 38.8 Å². The molecule has 1 unspecified atom stereocenters. The maximum Gasteiger partial charge on any atom is 0.191 e. The minimum Gasteiger partial charge on any atom is -0.379 e. The highest BCUT2D eigenvalue weighted by molar-refractivity contribution is 14.0. The Labute approximate surface area is 206 Å². The van der Waals surface area contributed by atoms with Crippen molar-refractivity contribution >= 4 is 29.9 Å². The molecule has 0 saturated carbocycles. The van der Waals surface area contributed by atoms with Gasteiger partial charge in [0.05, 0.1) is 19.8 Å². The average Bonchev–Trinajstić information content (AvgIpc) is 3.06. The lowest BCUT2D eigenvalue weighted by Crippen LogP contribution is -2.49. The van der Waals surface area contributed by atoms with Gasteiger partial charge in [-0.3, -0.25) is 9.80 Å². The zero-order valence-electron chi connectivity index (χ0n) is 19.4. The number of nitrogens with zero attached hydrogens (tertiary/aromatic N) is 3. The molecule has 1 atom stereocenters. The Balaban J connectivity index is 0.00000341. The van der Waals surface area contributed by atoms with Crippen LogP contribution in [0.2, 0.25) is 0 Å². The minimum atomic E-state index is 0. The zero-order chi connectivity index (χ0) is 21.0. The summed E-state index contributed by atoms with van der Waals surface area (Å²) >= 11 is 0. The molecule has 1 aromatic carbocycles. The molecule has 0 aromatic heterocycles. The second-order valence-electron chi connectivity index (χ2n) is 8.58. The molecule has 2 N–H and O–H groups in total. The van der Waals surface area contributed by atoms with E-state index in [1.165, 1.54) is 49.9 Å². The fourth-order valence-electron chi connectivity index (χ4n) is 4.21. The summed E-state index contributed by atoms with van der Waals surface area (Å²) in [5.41, 5.74) is 2.67. The van der Waals surface area contributed by atoms with Gasteiger partial charge < -0.3 is 15.4 Å². The molecule has 0 aliphatic carbocycles. The van der Waals surface area contributed by atoms with Crippen molar-refractivity contribution in [3.8, 4) is 0 Å². The third-order valence-corrected chi connectivity index (χ3v) is 6.13. The third kappa shape index (κ3) is 9.63. The molecular formula is C24H42IN5O. The number of benzene rings is 1. The van der Waals surface area contributed by atoms with Crippen molar-refractivity contribution in [3.05, 3.63) is 35.4 Å². The summed E-state index contributed by atoms with van der Waals surface area (Å²) in [4.78, 5) is 9.87. The molecule has 2 heterocycles. The van der Waals surface area contributed by atoms with Crippen molar-refractivity contribution in [3.63, 3.8) is 0 Å². The van der Waals surface area contributed by atoms with Crippen molar-refractivity contribution < 1.29 is 4.74 Å². The average molecular weight is 544 g/mol. The number of guanidine groups is 1. The van der Waals surface area contributed by atoms with E-state index < -0.39 is 0 Å². The van der Waals surface area contributed by atoms with Gasteiger partial charge in [0.2, 0.25) is 0 Å². The van der Waals surface area contributed by atoms with Gasteiger partial charge in [-0.25, -0.2) is 4.99 Å². The summed E-state index contributed by atoms with van der Waals surface area (Å²) in [5, 5.41) is 6.88. The van der Waals surface area contributed by atoms with Gasteiger partial charge in [-0.15, -0.1) is 24.0 Å². The Kier molecular flexibility index (Phi) is 12.8. The highest BCUT2D eigenvalue weighted by Crippen LogP contribution is 2.14. The van der Waals surface area contributed by atoms with E-state index in [1.54, 1.807) is 0 Å². The number of hydrogen-bond donors (Lipinski definition) is 2. The van der Waals surface area contributed by atoms with Crippen LogP contribution in [0.1, 0.15) is 50.7 Å². The van der Waals surface area contributed by atoms with E-state index in [1.807, 2.05) is 0 Å². The summed E-state index contributed by atoms with van der Waals surface area (Å²) in [5.74, 6) is 0.895. The first-order chi connectivity index (χ1) is 14.7.